The topological polar surface area (TPSA) is 78.9 Å². The SMILES string of the molecule is C=CC(C)(CC[C@H]1[C@@]2(C)CCCC(C)(C)[C@@H]2[C@@H](OC(C)=O)C[C@@]1(C)OC(C)=O)OC(C)=O. The second-order valence-electron chi connectivity index (χ2n) is 11.3. The summed E-state index contributed by atoms with van der Waals surface area (Å²) in [6, 6.07) is 0. The molecule has 0 N–H and O–H groups in total. The van der Waals surface area contributed by atoms with E-state index in [4.69, 9.17) is 14.2 Å². The standard InChI is InChI=1S/C26H42O6/c1-10-24(7,31-18(3)28)15-12-21-25(8)14-11-13-23(5,6)22(25)20(30-17(2)27)16-26(21,9)32-19(4)29/h10,20-22H,1,11-16H2,2-9H3/t20-,21-,22-,24?,25+,26+/m0/s1. The highest BCUT2D eigenvalue weighted by Crippen LogP contribution is 2.64. The molecule has 6 heteroatoms. The molecule has 0 amide bonds. The van der Waals surface area contributed by atoms with Crippen LogP contribution in [-0.2, 0) is 28.6 Å². The zero-order valence-electron chi connectivity index (χ0n) is 21.2. The summed E-state index contributed by atoms with van der Waals surface area (Å²) in [5, 5.41) is 0. The van der Waals surface area contributed by atoms with E-state index < -0.39 is 11.2 Å². The molecule has 0 aromatic rings. The Kier molecular flexibility index (Phi) is 7.58. The molecule has 0 aromatic heterocycles. The number of rotatable bonds is 7. The summed E-state index contributed by atoms with van der Waals surface area (Å²) >= 11 is 0. The first-order valence-corrected chi connectivity index (χ1v) is 11.8. The number of hydrogen-bond acceptors (Lipinski definition) is 6. The van der Waals surface area contributed by atoms with Crippen molar-refractivity contribution < 1.29 is 28.6 Å². The van der Waals surface area contributed by atoms with Crippen LogP contribution in [0.3, 0.4) is 0 Å². The van der Waals surface area contributed by atoms with Gasteiger partial charge in [-0.3, -0.25) is 14.4 Å². The van der Waals surface area contributed by atoms with Gasteiger partial charge in [0.05, 0.1) is 0 Å². The molecule has 6 atom stereocenters. The Balaban J connectivity index is 2.53. The highest BCUT2D eigenvalue weighted by Gasteiger charge is 2.64. The van der Waals surface area contributed by atoms with Gasteiger partial charge in [-0.15, -0.1) is 0 Å². The van der Waals surface area contributed by atoms with Crippen molar-refractivity contribution in [3.63, 3.8) is 0 Å². The largest absolute Gasteiger partial charge is 0.462 e. The molecule has 2 rings (SSSR count). The van der Waals surface area contributed by atoms with E-state index in [1.807, 2.05) is 13.8 Å². The van der Waals surface area contributed by atoms with E-state index in [1.165, 1.54) is 20.8 Å². The summed E-state index contributed by atoms with van der Waals surface area (Å²) in [5.41, 5.74) is -1.85. The molecule has 0 aliphatic heterocycles. The van der Waals surface area contributed by atoms with Crippen LogP contribution in [-0.4, -0.2) is 35.2 Å². The number of carbonyl (C=O) groups excluding carboxylic acids is 3. The van der Waals surface area contributed by atoms with Crippen LogP contribution in [0.2, 0.25) is 0 Å². The van der Waals surface area contributed by atoms with Gasteiger partial charge < -0.3 is 14.2 Å². The molecule has 2 fully saturated rings. The molecular weight excluding hydrogens is 408 g/mol. The first-order valence-electron chi connectivity index (χ1n) is 11.8. The van der Waals surface area contributed by atoms with Gasteiger partial charge in [0.1, 0.15) is 17.3 Å². The third kappa shape index (κ3) is 5.37. The van der Waals surface area contributed by atoms with Gasteiger partial charge in [-0.1, -0.05) is 33.8 Å². The van der Waals surface area contributed by atoms with Gasteiger partial charge in [0.2, 0.25) is 0 Å². The van der Waals surface area contributed by atoms with Crippen LogP contribution in [0, 0.1) is 22.7 Å². The summed E-state index contributed by atoms with van der Waals surface area (Å²) in [7, 11) is 0. The number of hydrogen-bond donors (Lipinski definition) is 0. The lowest BCUT2D eigenvalue weighted by atomic mass is 9.44. The minimum absolute atomic E-state index is 0.00474. The van der Waals surface area contributed by atoms with Crippen molar-refractivity contribution in [2.24, 2.45) is 22.7 Å². The summed E-state index contributed by atoms with van der Waals surface area (Å²) in [6.07, 6.45) is 6.13. The zero-order valence-corrected chi connectivity index (χ0v) is 21.2. The monoisotopic (exact) mass is 450 g/mol. The Morgan fingerprint density at radius 2 is 1.66 bits per heavy atom. The average Bonchev–Trinajstić information content (AvgIpc) is 2.57. The molecule has 0 aromatic carbocycles. The van der Waals surface area contributed by atoms with Crippen molar-refractivity contribution in [3.05, 3.63) is 12.7 Å². The maximum absolute atomic E-state index is 12.2. The average molecular weight is 451 g/mol. The molecule has 2 aliphatic carbocycles. The van der Waals surface area contributed by atoms with Crippen molar-refractivity contribution >= 4 is 17.9 Å². The van der Waals surface area contributed by atoms with Crippen LogP contribution in [0.25, 0.3) is 0 Å². The molecule has 32 heavy (non-hydrogen) atoms. The van der Waals surface area contributed by atoms with Crippen LogP contribution in [0.15, 0.2) is 12.7 Å². The van der Waals surface area contributed by atoms with Crippen molar-refractivity contribution in [3.8, 4) is 0 Å². The smallest absolute Gasteiger partial charge is 0.303 e. The minimum Gasteiger partial charge on any atom is -0.462 e. The second-order valence-corrected chi connectivity index (χ2v) is 11.3. The molecule has 1 unspecified atom stereocenters. The van der Waals surface area contributed by atoms with Crippen LogP contribution in [0.5, 0.6) is 0 Å². The number of ether oxygens (including phenoxy) is 3. The van der Waals surface area contributed by atoms with Crippen molar-refractivity contribution in [2.75, 3.05) is 0 Å². The summed E-state index contributed by atoms with van der Waals surface area (Å²) in [4.78, 5) is 35.9. The van der Waals surface area contributed by atoms with Crippen LogP contribution in [0.1, 0.15) is 93.9 Å². The normalized spacial score (nSPS) is 35.6. The van der Waals surface area contributed by atoms with Crippen LogP contribution in [0.4, 0.5) is 0 Å². The predicted molar refractivity (Wildman–Crippen MR) is 123 cm³/mol. The van der Waals surface area contributed by atoms with Crippen molar-refractivity contribution in [1.29, 1.82) is 0 Å². The van der Waals surface area contributed by atoms with E-state index in [0.29, 0.717) is 19.3 Å². The van der Waals surface area contributed by atoms with Gasteiger partial charge in [-0.2, -0.15) is 0 Å². The summed E-state index contributed by atoms with van der Waals surface area (Å²) in [6.45, 7) is 18.7. The fourth-order valence-electron chi connectivity index (χ4n) is 7.16. The second kappa shape index (κ2) is 9.18. The molecule has 0 heterocycles. The molecule has 0 saturated heterocycles. The van der Waals surface area contributed by atoms with Gasteiger partial charge in [0.15, 0.2) is 0 Å². The van der Waals surface area contributed by atoms with E-state index in [-0.39, 0.29) is 46.7 Å². The predicted octanol–water partition coefficient (Wildman–Crippen LogP) is 5.38. The number of carbonyl (C=O) groups is 3. The Morgan fingerprint density at radius 1 is 1.03 bits per heavy atom. The minimum atomic E-state index is -0.803. The molecule has 0 bridgehead atoms. The fourth-order valence-corrected chi connectivity index (χ4v) is 7.16. The van der Waals surface area contributed by atoms with E-state index in [9.17, 15) is 14.4 Å². The fraction of sp³-hybridized carbons (Fsp3) is 0.808. The first kappa shape index (κ1) is 26.4. The van der Waals surface area contributed by atoms with Gasteiger partial charge in [-0.05, 0) is 56.4 Å². The zero-order chi connectivity index (χ0) is 24.5. The van der Waals surface area contributed by atoms with Crippen LogP contribution < -0.4 is 0 Å². The molecule has 0 radical (unpaired) electrons. The quantitative estimate of drug-likeness (QED) is 0.294. The van der Waals surface area contributed by atoms with Gasteiger partial charge in [-0.25, -0.2) is 0 Å². The highest BCUT2D eigenvalue weighted by atomic mass is 16.6. The molecule has 0 spiro atoms. The third-order valence-electron chi connectivity index (χ3n) is 8.03. The van der Waals surface area contributed by atoms with E-state index >= 15 is 0 Å². The molecule has 2 aliphatic rings. The lowest BCUT2D eigenvalue weighted by Crippen LogP contribution is -2.64. The van der Waals surface area contributed by atoms with Crippen molar-refractivity contribution in [2.45, 2.75) is 111 Å². The number of fused-ring (bicyclic) bond motifs is 1. The third-order valence-corrected chi connectivity index (χ3v) is 8.03. The molecular formula is C26H42O6. The summed E-state index contributed by atoms with van der Waals surface area (Å²) < 4.78 is 17.5. The maximum Gasteiger partial charge on any atom is 0.303 e. The van der Waals surface area contributed by atoms with Gasteiger partial charge >= 0.3 is 17.9 Å². The molecule has 2 saturated carbocycles. The van der Waals surface area contributed by atoms with E-state index in [1.54, 1.807) is 6.08 Å². The Morgan fingerprint density at radius 3 is 2.16 bits per heavy atom. The molecule has 182 valence electrons. The Hall–Kier alpha value is -1.85. The summed E-state index contributed by atoms with van der Waals surface area (Å²) in [5.74, 6) is -0.870. The van der Waals surface area contributed by atoms with E-state index in [0.717, 1.165) is 19.3 Å². The highest BCUT2D eigenvalue weighted by molar-refractivity contribution is 5.67. The lowest BCUT2D eigenvalue weighted by molar-refractivity contribution is -0.235. The van der Waals surface area contributed by atoms with Gasteiger partial charge in [0.25, 0.3) is 0 Å². The van der Waals surface area contributed by atoms with Crippen LogP contribution >= 0.6 is 0 Å². The number of esters is 3. The Bertz CT molecular complexity index is 757. The van der Waals surface area contributed by atoms with E-state index in [2.05, 4.69) is 27.4 Å². The molecule has 6 nitrogen and oxygen atoms in total. The Labute approximate surface area is 193 Å². The van der Waals surface area contributed by atoms with Gasteiger partial charge in [0, 0.05) is 39.0 Å². The lowest BCUT2D eigenvalue weighted by Gasteiger charge is -2.63. The van der Waals surface area contributed by atoms with Crippen molar-refractivity contribution in [1.82, 2.24) is 0 Å². The first-order chi connectivity index (χ1) is 14.6. The maximum atomic E-state index is 12.2.